The first-order valence-electron chi connectivity index (χ1n) is 4.89. The molecule has 1 rings (SSSR count). The fourth-order valence-electron chi connectivity index (χ4n) is 1.21. The summed E-state index contributed by atoms with van der Waals surface area (Å²) in [5.74, 6) is -1.33. The maximum Gasteiger partial charge on any atom is 0.346 e. The first-order valence-corrected chi connectivity index (χ1v) is 4.89. The van der Waals surface area contributed by atoms with E-state index in [-0.39, 0.29) is 11.3 Å². The summed E-state index contributed by atoms with van der Waals surface area (Å²) in [5, 5.41) is 0. The molecule has 0 aliphatic rings. The molecule has 0 aliphatic carbocycles. The highest BCUT2D eigenvalue weighted by Gasteiger charge is 2.20. The summed E-state index contributed by atoms with van der Waals surface area (Å²) in [5.41, 5.74) is 11.9. The number of anilines is 2. The number of rotatable bonds is 3. The molecule has 0 aromatic heterocycles. The molecule has 0 amide bonds. The van der Waals surface area contributed by atoms with E-state index in [9.17, 15) is 9.59 Å². The Morgan fingerprint density at radius 3 is 2.47 bits per heavy atom. The molecular weight excluding hydrogens is 224 g/mol. The molecule has 4 N–H and O–H groups in total. The van der Waals surface area contributed by atoms with Crippen LogP contribution in [-0.4, -0.2) is 25.2 Å². The quantitative estimate of drug-likeness (QED) is 0.589. The van der Waals surface area contributed by atoms with Crippen molar-refractivity contribution in [2.45, 2.75) is 13.0 Å². The molecular formula is C11H14N2O4. The predicted octanol–water partition coefficient (Wildman–Crippen LogP) is 0.569. The van der Waals surface area contributed by atoms with Crippen molar-refractivity contribution in [1.29, 1.82) is 0 Å². The molecule has 6 heteroatoms. The third-order valence-corrected chi connectivity index (χ3v) is 2.11. The topological polar surface area (TPSA) is 105 Å². The molecule has 6 nitrogen and oxygen atoms in total. The fourth-order valence-corrected chi connectivity index (χ4v) is 1.21. The number of benzene rings is 1. The second-order valence-corrected chi connectivity index (χ2v) is 3.42. The minimum atomic E-state index is -0.982. The third-order valence-electron chi connectivity index (χ3n) is 2.11. The van der Waals surface area contributed by atoms with Crippen molar-refractivity contribution in [1.82, 2.24) is 0 Å². The van der Waals surface area contributed by atoms with E-state index in [1.807, 2.05) is 0 Å². The van der Waals surface area contributed by atoms with Gasteiger partial charge in [-0.1, -0.05) is 0 Å². The minimum Gasteiger partial charge on any atom is -0.466 e. The lowest BCUT2D eigenvalue weighted by Gasteiger charge is -2.12. The van der Waals surface area contributed by atoms with Crippen LogP contribution in [0.2, 0.25) is 0 Å². The normalized spacial score (nSPS) is 11.6. The lowest BCUT2D eigenvalue weighted by molar-refractivity contribution is -0.149. The van der Waals surface area contributed by atoms with E-state index in [1.165, 1.54) is 32.2 Å². The molecule has 0 spiro atoms. The second-order valence-electron chi connectivity index (χ2n) is 3.42. The molecule has 0 heterocycles. The van der Waals surface area contributed by atoms with E-state index in [2.05, 4.69) is 4.74 Å². The van der Waals surface area contributed by atoms with E-state index in [4.69, 9.17) is 16.2 Å². The zero-order valence-electron chi connectivity index (χ0n) is 9.60. The molecule has 1 atom stereocenters. The zero-order valence-corrected chi connectivity index (χ0v) is 9.60. The fraction of sp³-hybridized carbons (Fsp3) is 0.273. The van der Waals surface area contributed by atoms with Gasteiger partial charge in [-0.05, 0) is 25.1 Å². The van der Waals surface area contributed by atoms with Gasteiger partial charge in [0, 0.05) is 11.4 Å². The van der Waals surface area contributed by atoms with Gasteiger partial charge in [-0.25, -0.2) is 9.59 Å². The van der Waals surface area contributed by atoms with Crippen LogP contribution in [0.15, 0.2) is 18.2 Å². The molecule has 0 saturated carbocycles. The number of hydrogen-bond acceptors (Lipinski definition) is 6. The number of hydrogen-bond donors (Lipinski definition) is 2. The number of nitrogen functional groups attached to an aromatic ring is 2. The van der Waals surface area contributed by atoms with Gasteiger partial charge >= 0.3 is 11.9 Å². The second kappa shape index (κ2) is 5.20. The van der Waals surface area contributed by atoms with E-state index < -0.39 is 18.0 Å². The maximum atomic E-state index is 11.7. The highest BCUT2D eigenvalue weighted by molar-refractivity contribution is 5.96. The minimum absolute atomic E-state index is 0.162. The van der Waals surface area contributed by atoms with Crippen molar-refractivity contribution >= 4 is 23.3 Å². The van der Waals surface area contributed by atoms with E-state index >= 15 is 0 Å². The van der Waals surface area contributed by atoms with Gasteiger partial charge in [0.2, 0.25) is 0 Å². The highest BCUT2D eigenvalue weighted by Crippen LogP contribution is 2.17. The Labute approximate surface area is 98.5 Å². The number of ether oxygens (including phenoxy) is 2. The molecule has 1 unspecified atom stereocenters. The summed E-state index contributed by atoms with van der Waals surface area (Å²) in [6.07, 6.45) is -0.982. The molecule has 92 valence electrons. The van der Waals surface area contributed by atoms with Crippen molar-refractivity contribution in [3.63, 3.8) is 0 Å². The monoisotopic (exact) mass is 238 g/mol. The summed E-state index contributed by atoms with van der Waals surface area (Å²) in [7, 11) is 1.21. The molecule has 0 bridgehead atoms. The Bertz CT molecular complexity index is 445. The van der Waals surface area contributed by atoms with Gasteiger partial charge in [0.05, 0.1) is 12.7 Å². The van der Waals surface area contributed by atoms with Crippen LogP contribution in [0.3, 0.4) is 0 Å². The van der Waals surface area contributed by atoms with Crippen LogP contribution >= 0.6 is 0 Å². The Hall–Kier alpha value is -2.24. The van der Waals surface area contributed by atoms with Crippen molar-refractivity contribution in [3.05, 3.63) is 23.8 Å². The van der Waals surface area contributed by atoms with Crippen LogP contribution in [0.5, 0.6) is 0 Å². The van der Waals surface area contributed by atoms with Crippen molar-refractivity contribution in [3.8, 4) is 0 Å². The number of esters is 2. The number of nitrogens with two attached hydrogens (primary N) is 2. The first kappa shape index (κ1) is 12.8. The van der Waals surface area contributed by atoms with Crippen LogP contribution in [-0.2, 0) is 14.3 Å². The van der Waals surface area contributed by atoms with E-state index in [0.717, 1.165) is 0 Å². The molecule has 0 saturated heterocycles. The Morgan fingerprint density at radius 1 is 1.29 bits per heavy atom. The highest BCUT2D eigenvalue weighted by atomic mass is 16.6. The Balaban J connectivity index is 2.80. The van der Waals surface area contributed by atoms with Crippen molar-refractivity contribution in [2.24, 2.45) is 0 Å². The molecule has 0 fully saturated rings. The molecule has 1 aromatic carbocycles. The maximum absolute atomic E-state index is 11.7. The molecule has 0 aliphatic heterocycles. The SMILES string of the molecule is COC(=O)C(C)OC(=O)c1ccc(N)cc1N. The van der Waals surface area contributed by atoms with Gasteiger partial charge in [0.15, 0.2) is 6.10 Å². The van der Waals surface area contributed by atoms with Crippen LogP contribution in [0, 0.1) is 0 Å². The average molecular weight is 238 g/mol. The van der Waals surface area contributed by atoms with E-state index in [0.29, 0.717) is 5.69 Å². The lowest BCUT2D eigenvalue weighted by atomic mass is 10.1. The summed E-state index contributed by atoms with van der Waals surface area (Å²) in [6.45, 7) is 1.41. The molecule has 17 heavy (non-hydrogen) atoms. The van der Waals surface area contributed by atoms with Crippen LogP contribution in [0.1, 0.15) is 17.3 Å². The summed E-state index contributed by atoms with van der Waals surface area (Å²) < 4.78 is 9.31. The van der Waals surface area contributed by atoms with Gasteiger partial charge in [0.25, 0.3) is 0 Å². The smallest absolute Gasteiger partial charge is 0.346 e. The number of carbonyl (C=O) groups excluding carboxylic acids is 2. The summed E-state index contributed by atoms with van der Waals surface area (Å²) in [6, 6.07) is 4.41. The van der Waals surface area contributed by atoms with E-state index in [1.54, 1.807) is 0 Å². The van der Waals surface area contributed by atoms with Crippen LogP contribution in [0.25, 0.3) is 0 Å². The van der Waals surface area contributed by atoms with Crippen molar-refractivity contribution in [2.75, 3.05) is 18.6 Å². The zero-order chi connectivity index (χ0) is 13.0. The largest absolute Gasteiger partial charge is 0.466 e. The molecule has 0 radical (unpaired) electrons. The first-order chi connectivity index (χ1) is 7.95. The van der Waals surface area contributed by atoms with Gasteiger partial charge < -0.3 is 20.9 Å². The molecule has 1 aromatic rings. The average Bonchev–Trinajstić information content (AvgIpc) is 2.27. The Morgan fingerprint density at radius 2 is 1.94 bits per heavy atom. The van der Waals surface area contributed by atoms with Gasteiger partial charge in [-0.2, -0.15) is 0 Å². The number of carbonyl (C=O) groups is 2. The van der Waals surface area contributed by atoms with Gasteiger partial charge in [-0.15, -0.1) is 0 Å². The Kier molecular flexibility index (Phi) is 3.92. The van der Waals surface area contributed by atoms with Gasteiger partial charge in [-0.3, -0.25) is 0 Å². The summed E-state index contributed by atoms with van der Waals surface area (Å²) in [4.78, 5) is 22.7. The standard InChI is InChI=1S/C11H14N2O4/c1-6(10(14)16-2)17-11(15)8-4-3-7(12)5-9(8)13/h3-6H,12-13H2,1-2H3. The number of methoxy groups -OCH3 is 1. The van der Waals surface area contributed by atoms with Crippen LogP contribution < -0.4 is 11.5 Å². The van der Waals surface area contributed by atoms with Gasteiger partial charge in [0.1, 0.15) is 0 Å². The summed E-state index contributed by atoms with van der Waals surface area (Å²) >= 11 is 0. The van der Waals surface area contributed by atoms with Crippen LogP contribution in [0.4, 0.5) is 11.4 Å². The predicted molar refractivity (Wildman–Crippen MR) is 62.2 cm³/mol. The lowest BCUT2D eigenvalue weighted by Crippen LogP contribution is -2.25. The third kappa shape index (κ3) is 3.10. The van der Waals surface area contributed by atoms with Crippen molar-refractivity contribution < 1.29 is 19.1 Å².